The molecule has 1 saturated heterocycles. The van der Waals surface area contributed by atoms with Gasteiger partial charge in [0.15, 0.2) is 5.13 Å². The largest absolute Gasteiger partial charge is 0.508 e. The second-order valence-electron chi connectivity index (χ2n) is 6.32. The van der Waals surface area contributed by atoms with Crippen molar-refractivity contribution in [2.75, 3.05) is 12.3 Å². The third-order valence-corrected chi connectivity index (χ3v) is 5.55. The van der Waals surface area contributed by atoms with E-state index in [1.54, 1.807) is 12.1 Å². The van der Waals surface area contributed by atoms with E-state index in [0.717, 1.165) is 49.9 Å². The van der Waals surface area contributed by atoms with Crippen molar-refractivity contribution in [2.45, 2.75) is 45.1 Å². The number of aromatic hydroxyl groups is 1. The van der Waals surface area contributed by atoms with Crippen molar-refractivity contribution in [3.63, 3.8) is 0 Å². The highest BCUT2D eigenvalue weighted by atomic mass is 32.1. The number of anilines is 1. The Kier molecular flexibility index (Phi) is 5.04. The number of likely N-dealkylation sites (tertiary alicyclic amines) is 1. The van der Waals surface area contributed by atoms with Crippen molar-refractivity contribution in [2.24, 2.45) is 0 Å². The molecule has 1 aliphatic heterocycles. The minimum absolute atomic E-state index is 0.0577. The molecule has 128 valence electrons. The van der Waals surface area contributed by atoms with E-state index in [9.17, 15) is 9.90 Å². The fraction of sp³-hybridized carbons (Fsp3) is 0.444. The zero-order chi connectivity index (χ0) is 17.1. The van der Waals surface area contributed by atoms with Crippen LogP contribution in [-0.4, -0.2) is 33.5 Å². The third kappa shape index (κ3) is 3.70. The predicted molar refractivity (Wildman–Crippen MR) is 96.4 cm³/mol. The second-order valence-corrected chi connectivity index (χ2v) is 7.35. The van der Waals surface area contributed by atoms with E-state index in [4.69, 9.17) is 5.73 Å². The summed E-state index contributed by atoms with van der Waals surface area (Å²) in [5.41, 5.74) is 7.57. The number of amides is 1. The Balaban J connectivity index is 1.71. The number of rotatable bonds is 4. The number of aryl methyl sites for hydroxylation is 2. The molecular formula is C18H23N3O2S. The zero-order valence-corrected chi connectivity index (χ0v) is 14.7. The number of nitrogens with zero attached hydrogens (tertiary/aromatic N) is 2. The molecule has 1 amide bonds. The average Bonchev–Trinajstić information content (AvgIpc) is 2.91. The molecule has 6 heteroatoms. The van der Waals surface area contributed by atoms with Crippen molar-refractivity contribution in [1.29, 1.82) is 0 Å². The van der Waals surface area contributed by atoms with Crippen molar-refractivity contribution in [1.82, 2.24) is 9.88 Å². The van der Waals surface area contributed by atoms with Crippen LogP contribution >= 0.6 is 11.3 Å². The topological polar surface area (TPSA) is 79.5 Å². The highest BCUT2D eigenvalue weighted by Gasteiger charge is 2.29. The van der Waals surface area contributed by atoms with Crippen molar-refractivity contribution in [3.8, 4) is 5.75 Å². The second kappa shape index (κ2) is 7.21. The highest BCUT2D eigenvalue weighted by molar-refractivity contribution is 7.17. The number of aromatic nitrogens is 1. The maximum absolute atomic E-state index is 12.9. The van der Waals surface area contributed by atoms with Gasteiger partial charge in [0.05, 0.1) is 5.69 Å². The Labute approximate surface area is 146 Å². The van der Waals surface area contributed by atoms with Crippen molar-refractivity contribution in [3.05, 3.63) is 40.4 Å². The van der Waals surface area contributed by atoms with Gasteiger partial charge in [0, 0.05) is 12.6 Å². The van der Waals surface area contributed by atoms with Crippen molar-refractivity contribution >= 4 is 22.4 Å². The van der Waals surface area contributed by atoms with Gasteiger partial charge < -0.3 is 15.7 Å². The molecule has 1 aromatic carbocycles. The fourth-order valence-corrected chi connectivity index (χ4v) is 4.15. The molecule has 24 heavy (non-hydrogen) atoms. The number of hydrogen-bond donors (Lipinski definition) is 2. The Bertz CT molecular complexity index is 729. The lowest BCUT2D eigenvalue weighted by Gasteiger charge is -2.35. The Hall–Kier alpha value is -2.08. The molecule has 3 N–H and O–H groups in total. The van der Waals surface area contributed by atoms with Gasteiger partial charge >= 0.3 is 0 Å². The summed E-state index contributed by atoms with van der Waals surface area (Å²) in [6, 6.07) is 7.58. The molecule has 0 aliphatic carbocycles. The van der Waals surface area contributed by atoms with Gasteiger partial charge in [-0.25, -0.2) is 4.98 Å². The molecule has 0 saturated carbocycles. The first-order valence-corrected chi connectivity index (χ1v) is 9.18. The van der Waals surface area contributed by atoms with Gasteiger partial charge in [-0.15, -0.1) is 0 Å². The van der Waals surface area contributed by atoms with Gasteiger partial charge in [0.2, 0.25) is 0 Å². The van der Waals surface area contributed by atoms with E-state index in [1.165, 1.54) is 11.3 Å². The molecule has 0 spiro atoms. The lowest BCUT2D eigenvalue weighted by molar-refractivity contribution is 0.0606. The van der Waals surface area contributed by atoms with E-state index in [0.29, 0.717) is 15.8 Å². The van der Waals surface area contributed by atoms with Gasteiger partial charge in [-0.3, -0.25) is 4.79 Å². The van der Waals surface area contributed by atoms with Crippen LogP contribution in [0.15, 0.2) is 24.3 Å². The van der Waals surface area contributed by atoms with E-state index >= 15 is 0 Å². The number of carbonyl (C=O) groups excluding carboxylic acids is 1. The molecule has 1 unspecified atom stereocenters. The van der Waals surface area contributed by atoms with E-state index in [-0.39, 0.29) is 11.9 Å². The molecule has 1 aliphatic rings. The first-order valence-electron chi connectivity index (χ1n) is 8.36. The lowest BCUT2D eigenvalue weighted by Crippen LogP contribution is -2.43. The number of piperidine rings is 1. The first-order chi connectivity index (χ1) is 11.5. The zero-order valence-electron chi connectivity index (χ0n) is 13.9. The maximum atomic E-state index is 12.9. The van der Waals surface area contributed by atoms with Crippen LogP contribution in [0.25, 0.3) is 0 Å². The smallest absolute Gasteiger partial charge is 0.266 e. The van der Waals surface area contributed by atoms with Gasteiger partial charge in [0.25, 0.3) is 5.91 Å². The number of carbonyl (C=O) groups is 1. The number of phenolic OH excluding ortho intramolecular Hbond substituents is 1. The summed E-state index contributed by atoms with van der Waals surface area (Å²) >= 11 is 1.28. The number of hydrogen-bond acceptors (Lipinski definition) is 5. The Morgan fingerprint density at radius 3 is 3.00 bits per heavy atom. The molecule has 1 fully saturated rings. The van der Waals surface area contributed by atoms with E-state index < -0.39 is 0 Å². The van der Waals surface area contributed by atoms with Crippen LogP contribution in [0, 0.1) is 6.92 Å². The monoisotopic (exact) mass is 345 g/mol. The number of phenols is 1. The summed E-state index contributed by atoms with van der Waals surface area (Å²) in [6.45, 7) is 2.63. The summed E-state index contributed by atoms with van der Waals surface area (Å²) < 4.78 is 0. The summed E-state index contributed by atoms with van der Waals surface area (Å²) in [7, 11) is 0. The lowest BCUT2D eigenvalue weighted by atomic mass is 9.95. The maximum Gasteiger partial charge on any atom is 0.266 e. The summed E-state index contributed by atoms with van der Waals surface area (Å²) in [6.07, 6.45) is 4.98. The average molecular weight is 345 g/mol. The SMILES string of the molecule is Cc1nc(N)sc1C(=O)N1CCCCC1CCc1cccc(O)c1. The van der Waals surface area contributed by atoms with Gasteiger partial charge in [-0.2, -0.15) is 0 Å². The summed E-state index contributed by atoms with van der Waals surface area (Å²) in [4.78, 5) is 19.7. The normalized spacial score (nSPS) is 17.9. The molecule has 3 rings (SSSR count). The minimum atomic E-state index is 0.0577. The van der Waals surface area contributed by atoms with Crippen LogP contribution in [0.3, 0.4) is 0 Å². The fourth-order valence-electron chi connectivity index (χ4n) is 3.36. The standard InChI is InChI=1S/C18H23N3O2S/c1-12-16(24-18(19)20-12)17(23)21-10-3-2-6-14(21)9-8-13-5-4-7-15(22)11-13/h4-5,7,11,14,22H,2-3,6,8-10H2,1H3,(H2,19,20). The van der Waals surface area contributed by atoms with Gasteiger partial charge in [-0.05, 0) is 56.7 Å². The number of nitrogens with two attached hydrogens (primary N) is 1. The molecule has 2 aromatic rings. The molecule has 1 atom stereocenters. The predicted octanol–water partition coefficient (Wildman–Crippen LogP) is 3.37. The molecule has 0 radical (unpaired) electrons. The molecule has 5 nitrogen and oxygen atoms in total. The number of thiazole rings is 1. The third-order valence-electron chi connectivity index (χ3n) is 4.57. The molecular weight excluding hydrogens is 322 g/mol. The van der Waals surface area contributed by atoms with Crippen LogP contribution < -0.4 is 5.73 Å². The van der Waals surface area contributed by atoms with Crippen LogP contribution in [-0.2, 0) is 6.42 Å². The van der Waals surface area contributed by atoms with Gasteiger partial charge in [-0.1, -0.05) is 23.5 Å². The molecule has 1 aromatic heterocycles. The van der Waals surface area contributed by atoms with E-state index in [2.05, 4.69) is 4.98 Å². The molecule has 2 heterocycles. The number of nitrogen functional groups attached to an aromatic ring is 1. The van der Waals surface area contributed by atoms with E-state index in [1.807, 2.05) is 24.0 Å². The Morgan fingerprint density at radius 2 is 2.29 bits per heavy atom. The van der Waals surface area contributed by atoms with Crippen LogP contribution in [0.4, 0.5) is 5.13 Å². The minimum Gasteiger partial charge on any atom is -0.508 e. The highest BCUT2D eigenvalue weighted by Crippen LogP contribution is 2.28. The molecule has 0 bridgehead atoms. The summed E-state index contributed by atoms with van der Waals surface area (Å²) in [5.74, 6) is 0.349. The van der Waals surface area contributed by atoms with Crippen molar-refractivity contribution < 1.29 is 9.90 Å². The van der Waals surface area contributed by atoms with Crippen LogP contribution in [0.1, 0.15) is 46.6 Å². The van der Waals surface area contributed by atoms with Gasteiger partial charge in [0.1, 0.15) is 10.6 Å². The van der Waals surface area contributed by atoms with Crippen LogP contribution in [0.5, 0.6) is 5.75 Å². The Morgan fingerprint density at radius 1 is 1.46 bits per heavy atom. The quantitative estimate of drug-likeness (QED) is 0.890. The first kappa shape index (κ1) is 16.8. The summed E-state index contributed by atoms with van der Waals surface area (Å²) in [5, 5.41) is 10.0. The van der Waals surface area contributed by atoms with Crippen LogP contribution in [0.2, 0.25) is 0 Å². The number of benzene rings is 1.